The third-order valence-corrected chi connectivity index (χ3v) is 3.90. The number of methoxy groups -OCH3 is 1. The molecule has 0 unspecified atom stereocenters. The van der Waals surface area contributed by atoms with Gasteiger partial charge in [0.1, 0.15) is 5.69 Å². The zero-order valence-corrected chi connectivity index (χ0v) is 11.9. The Morgan fingerprint density at radius 1 is 1.47 bits per heavy atom. The van der Waals surface area contributed by atoms with Crippen LogP contribution < -0.4 is 0 Å². The quantitative estimate of drug-likeness (QED) is 0.888. The molecule has 4 nitrogen and oxygen atoms in total. The number of carbonyl (C=O) groups is 1. The lowest BCUT2D eigenvalue weighted by Gasteiger charge is -2.35. The highest BCUT2D eigenvalue weighted by Crippen LogP contribution is 2.22. The molecule has 0 aliphatic carbocycles. The van der Waals surface area contributed by atoms with Crippen molar-refractivity contribution in [3.05, 3.63) is 23.5 Å². The van der Waals surface area contributed by atoms with Crippen LogP contribution in [0.3, 0.4) is 0 Å². The molecule has 1 aliphatic rings. The smallest absolute Gasteiger partial charge is 0.270 e. The summed E-state index contributed by atoms with van der Waals surface area (Å²) in [6.45, 7) is 3.68. The minimum Gasteiger partial charge on any atom is -0.385 e. The third kappa shape index (κ3) is 3.38. The number of hydrogen-bond donors (Lipinski definition) is 1. The van der Waals surface area contributed by atoms with E-state index < -0.39 is 0 Å². The zero-order valence-electron chi connectivity index (χ0n) is 11.9. The van der Waals surface area contributed by atoms with Gasteiger partial charge < -0.3 is 14.6 Å². The van der Waals surface area contributed by atoms with Crippen molar-refractivity contribution in [2.45, 2.75) is 45.1 Å². The van der Waals surface area contributed by atoms with Crippen molar-refractivity contribution in [3.8, 4) is 0 Å². The summed E-state index contributed by atoms with van der Waals surface area (Å²) in [5.41, 5.74) is 1.84. The van der Waals surface area contributed by atoms with Gasteiger partial charge in [0, 0.05) is 32.0 Å². The number of hydrogen-bond acceptors (Lipinski definition) is 2. The third-order valence-electron chi connectivity index (χ3n) is 3.90. The van der Waals surface area contributed by atoms with Gasteiger partial charge in [-0.05, 0) is 44.2 Å². The molecule has 0 bridgehead atoms. The van der Waals surface area contributed by atoms with Crippen LogP contribution in [0.1, 0.15) is 48.8 Å². The van der Waals surface area contributed by atoms with E-state index in [-0.39, 0.29) is 5.91 Å². The van der Waals surface area contributed by atoms with Gasteiger partial charge in [-0.1, -0.05) is 6.92 Å². The van der Waals surface area contributed by atoms with Crippen molar-refractivity contribution in [2.75, 3.05) is 20.3 Å². The number of nitrogens with zero attached hydrogens (tertiary/aromatic N) is 1. The molecule has 1 fully saturated rings. The lowest BCUT2D eigenvalue weighted by molar-refractivity contribution is 0.0548. The fraction of sp³-hybridized carbons (Fsp3) is 0.667. The topological polar surface area (TPSA) is 45.3 Å². The van der Waals surface area contributed by atoms with Gasteiger partial charge in [-0.2, -0.15) is 0 Å². The minimum atomic E-state index is 0.139. The molecule has 0 radical (unpaired) electrons. The summed E-state index contributed by atoms with van der Waals surface area (Å²) in [5, 5.41) is 0. The second-order valence-corrected chi connectivity index (χ2v) is 5.18. The highest BCUT2D eigenvalue weighted by atomic mass is 16.5. The maximum absolute atomic E-state index is 12.6. The van der Waals surface area contributed by atoms with Crippen LogP contribution in [0.25, 0.3) is 0 Å². The molecular weight excluding hydrogens is 240 g/mol. The van der Waals surface area contributed by atoms with E-state index >= 15 is 0 Å². The van der Waals surface area contributed by atoms with Crippen molar-refractivity contribution in [1.82, 2.24) is 9.88 Å². The predicted octanol–water partition coefficient (Wildman–Crippen LogP) is 2.61. The second kappa shape index (κ2) is 6.75. The first-order chi connectivity index (χ1) is 9.26. The van der Waals surface area contributed by atoms with Crippen molar-refractivity contribution < 1.29 is 9.53 Å². The van der Waals surface area contributed by atoms with Crippen LogP contribution in [-0.2, 0) is 11.2 Å². The van der Waals surface area contributed by atoms with Crippen molar-refractivity contribution >= 4 is 5.91 Å². The number of nitrogens with one attached hydrogen (secondary N) is 1. The highest BCUT2D eigenvalue weighted by Gasteiger charge is 2.27. The van der Waals surface area contributed by atoms with E-state index in [1.54, 1.807) is 7.11 Å². The van der Waals surface area contributed by atoms with Crippen LogP contribution in [0, 0.1) is 0 Å². The molecular formula is C15H24N2O2. The Hall–Kier alpha value is -1.29. The molecule has 1 aromatic rings. The van der Waals surface area contributed by atoms with Crippen LogP contribution in [-0.4, -0.2) is 42.1 Å². The molecule has 0 spiro atoms. The zero-order chi connectivity index (χ0) is 13.7. The lowest BCUT2D eigenvalue weighted by atomic mass is 9.99. The summed E-state index contributed by atoms with van der Waals surface area (Å²) in [5.74, 6) is 0.139. The van der Waals surface area contributed by atoms with Crippen molar-refractivity contribution in [2.24, 2.45) is 0 Å². The van der Waals surface area contributed by atoms with E-state index in [4.69, 9.17) is 4.74 Å². The van der Waals surface area contributed by atoms with Gasteiger partial charge in [0.2, 0.25) is 0 Å². The van der Waals surface area contributed by atoms with Gasteiger partial charge in [0.05, 0.1) is 0 Å². The molecule has 0 aromatic carbocycles. The van der Waals surface area contributed by atoms with Gasteiger partial charge in [0.15, 0.2) is 0 Å². The van der Waals surface area contributed by atoms with Gasteiger partial charge in [-0.25, -0.2) is 0 Å². The lowest BCUT2D eigenvalue weighted by Crippen LogP contribution is -2.44. The van der Waals surface area contributed by atoms with Crippen LogP contribution >= 0.6 is 0 Å². The van der Waals surface area contributed by atoms with E-state index in [0.717, 1.165) is 50.2 Å². The number of ether oxygens (including phenoxy) is 1. The number of H-pyrrole nitrogens is 1. The summed E-state index contributed by atoms with van der Waals surface area (Å²) >= 11 is 0. The SMILES string of the molecule is CCc1ccc(C(=O)N2CCCC[C@H]2CCOC)[nH]1. The van der Waals surface area contributed by atoms with Gasteiger partial charge >= 0.3 is 0 Å². The van der Waals surface area contributed by atoms with Crippen LogP contribution in [0.5, 0.6) is 0 Å². The minimum absolute atomic E-state index is 0.139. The second-order valence-electron chi connectivity index (χ2n) is 5.18. The van der Waals surface area contributed by atoms with E-state index in [1.807, 2.05) is 17.0 Å². The standard InChI is InChI=1S/C15H24N2O2/c1-3-12-7-8-14(16-12)15(18)17-10-5-4-6-13(17)9-11-19-2/h7-8,13,16H,3-6,9-11H2,1-2H3/t13-/m0/s1. The Labute approximate surface area is 115 Å². The Balaban J connectivity index is 2.06. The molecule has 106 valence electrons. The highest BCUT2D eigenvalue weighted by molar-refractivity contribution is 5.92. The number of carbonyl (C=O) groups excluding carboxylic acids is 1. The molecule has 2 heterocycles. The molecule has 1 aromatic heterocycles. The predicted molar refractivity (Wildman–Crippen MR) is 75.3 cm³/mol. The summed E-state index contributed by atoms with van der Waals surface area (Å²) in [4.78, 5) is 17.8. The Kier molecular flexibility index (Phi) is 5.02. The summed E-state index contributed by atoms with van der Waals surface area (Å²) in [6, 6.07) is 4.24. The van der Waals surface area contributed by atoms with E-state index in [9.17, 15) is 4.79 Å². The van der Waals surface area contributed by atoms with E-state index in [0.29, 0.717) is 6.04 Å². The molecule has 1 N–H and O–H groups in total. The molecule has 4 heteroatoms. The van der Waals surface area contributed by atoms with Crippen LogP contribution in [0.15, 0.2) is 12.1 Å². The average molecular weight is 264 g/mol. The van der Waals surface area contributed by atoms with E-state index in [1.165, 1.54) is 6.42 Å². The molecule has 1 amide bonds. The number of rotatable bonds is 5. The fourth-order valence-corrected chi connectivity index (χ4v) is 2.75. The van der Waals surface area contributed by atoms with Crippen LogP contribution in [0.4, 0.5) is 0 Å². The molecule has 1 saturated heterocycles. The number of piperidine rings is 1. The molecule has 1 aliphatic heterocycles. The van der Waals surface area contributed by atoms with Gasteiger partial charge in [-0.3, -0.25) is 4.79 Å². The molecule has 2 rings (SSSR count). The first kappa shape index (κ1) is 14.1. The Bertz CT molecular complexity index is 414. The number of aromatic amines is 1. The van der Waals surface area contributed by atoms with Gasteiger partial charge in [-0.15, -0.1) is 0 Å². The van der Waals surface area contributed by atoms with E-state index in [2.05, 4.69) is 11.9 Å². The van der Waals surface area contributed by atoms with Crippen molar-refractivity contribution in [3.63, 3.8) is 0 Å². The molecule has 0 saturated carbocycles. The van der Waals surface area contributed by atoms with Crippen LogP contribution in [0.2, 0.25) is 0 Å². The number of aryl methyl sites for hydroxylation is 1. The van der Waals surface area contributed by atoms with Crippen molar-refractivity contribution in [1.29, 1.82) is 0 Å². The average Bonchev–Trinajstić information content (AvgIpc) is 2.93. The number of likely N-dealkylation sites (tertiary alicyclic amines) is 1. The first-order valence-corrected chi connectivity index (χ1v) is 7.24. The first-order valence-electron chi connectivity index (χ1n) is 7.24. The Morgan fingerprint density at radius 2 is 2.32 bits per heavy atom. The summed E-state index contributed by atoms with van der Waals surface area (Å²) in [7, 11) is 1.72. The normalized spacial score (nSPS) is 19.7. The monoisotopic (exact) mass is 264 g/mol. The number of aromatic nitrogens is 1. The molecule has 19 heavy (non-hydrogen) atoms. The van der Waals surface area contributed by atoms with Gasteiger partial charge in [0.25, 0.3) is 5.91 Å². The number of amides is 1. The maximum atomic E-state index is 12.6. The molecule has 1 atom stereocenters. The summed E-state index contributed by atoms with van der Waals surface area (Å²) in [6.07, 6.45) is 5.28. The summed E-state index contributed by atoms with van der Waals surface area (Å²) < 4.78 is 5.15. The largest absolute Gasteiger partial charge is 0.385 e. The fourth-order valence-electron chi connectivity index (χ4n) is 2.75. The maximum Gasteiger partial charge on any atom is 0.270 e. The Morgan fingerprint density at radius 3 is 3.00 bits per heavy atom.